The summed E-state index contributed by atoms with van der Waals surface area (Å²) in [7, 11) is 0. The van der Waals surface area contributed by atoms with Gasteiger partial charge in [-0.25, -0.2) is 0 Å². The average molecular weight is 326 g/mol. The molecule has 0 heterocycles. The molecule has 0 atom stereocenters. The van der Waals surface area contributed by atoms with Crippen LogP contribution in [-0.2, 0) is 9.59 Å². The van der Waals surface area contributed by atoms with Crippen molar-refractivity contribution in [2.75, 3.05) is 0 Å². The summed E-state index contributed by atoms with van der Waals surface area (Å²) in [5, 5.41) is 9.19. The third-order valence-corrected chi connectivity index (χ3v) is 3.03. The van der Waals surface area contributed by atoms with Gasteiger partial charge in [0.15, 0.2) is 0 Å². The minimum atomic E-state index is -1.40. The average Bonchev–Trinajstić information content (AvgIpc) is 2.59. The van der Waals surface area contributed by atoms with Crippen molar-refractivity contribution in [1.82, 2.24) is 10.4 Å². The molecule has 0 aliphatic carbocycles. The fourth-order valence-electron chi connectivity index (χ4n) is 1.90. The zero-order valence-corrected chi connectivity index (χ0v) is 12.5. The largest absolute Gasteiger partial charge is 0.481 e. The number of carbonyl (C=O) groups is 4. The molecule has 24 heavy (non-hydrogen) atoms. The molecule has 0 saturated heterocycles. The molecule has 0 aliphatic heterocycles. The lowest BCUT2D eigenvalue weighted by Gasteiger charge is -2.21. The molecule has 0 aliphatic rings. The van der Waals surface area contributed by atoms with Crippen molar-refractivity contribution < 1.29 is 24.3 Å². The van der Waals surface area contributed by atoms with E-state index >= 15 is 0 Å². The highest BCUT2D eigenvalue weighted by Gasteiger charge is 2.26. The van der Waals surface area contributed by atoms with E-state index in [-0.39, 0.29) is 11.1 Å². The highest BCUT2D eigenvalue weighted by atomic mass is 16.4. The van der Waals surface area contributed by atoms with Gasteiger partial charge in [0.1, 0.15) is 6.42 Å². The first-order valence-corrected chi connectivity index (χ1v) is 6.99. The summed E-state index contributed by atoms with van der Waals surface area (Å²) in [6, 6.07) is 15.7. The first-order chi connectivity index (χ1) is 11.5. The second kappa shape index (κ2) is 7.68. The number of hydrogen-bond acceptors (Lipinski definition) is 4. The van der Waals surface area contributed by atoms with Crippen LogP contribution in [0.5, 0.6) is 0 Å². The molecule has 0 bridgehead atoms. The van der Waals surface area contributed by atoms with Gasteiger partial charge in [0, 0.05) is 11.1 Å². The maximum Gasteiger partial charge on any atom is 0.312 e. The maximum absolute atomic E-state index is 12.4. The van der Waals surface area contributed by atoms with Gasteiger partial charge in [-0.2, -0.15) is 5.01 Å². The molecule has 0 radical (unpaired) electrons. The van der Waals surface area contributed by atoms with Crippen LogP contribution in [-0.4, -0.2) is 33.8 Å². The Hall–Kier alpha value is -3.48. The Morgan fingerprint density at radius 2 is 1.33 bits per heavy atom. The van der Waals surface area contributed by atoms with E-state index in [1.54, 1.807) is 36.4 Å². The van der Waals surface area contributed by atoms with Crippen LogP contribution in [0.25, 0.3) is 0 Å². The summed E-state index contributed by atoms with van der Waals surface area (Å²) >= 11 is 0. The van der Waals surface area contributed by atoms with Gasteiger partial charge in [0.05, 0.1) is 0 Å². The molecule has 0 aromatic heterocycles. The molecular weight excluding hydrogens is 312 g/mol. The van der Waals surface area contributed by atoms with Gasteiger partial charge < -0.3 is 5.11 Å². The van der Waals surface area contributed by atoms with Crippen molar-refractivity contribution in [3.8, 4) is 0 Å². The number of carboxylic acid groups (broad SMARTS) is 1. The quantitative estimate of drug-likeness (QED) is 0.654. The van der Waals surface area contributed by atoms with Gasteiger partial charge in [0.25, 0.3) is 17.7 Å². The number of carbonyl (C=O) groups excluding carboxylic acids is 3. The van der Waals surface area contributed by atoms with E-state index in [1.807, 2.05) is 0 Å². The number of hydrazine groups is 1. The topological polar surface area (TPSA) is 104 Å². The normalized spacial score (nSPS) is 9.83. The predicted molar refractivity (Wildman–Crippen MR) is 83.8 cm³/mol. The zero-order chi connectivity index (χ0) is 17.5. The Kier molecular flexibility index (Phi) is 5.40. The van der Waals surface area contributed by atoms with E-state index in [0.29, 0.717) is 5.01 Å². The Morgan fingerprint density at radius 1 is 0.833 bits per heavy atom. The lowest BCUT2D eigenvalue weighted by atomic mass is 10.2. The number of aliphatic carboxylic acids is 1. The molecular formula is C17H14N2O5. The molecule has 2 aromatic carbocycles. The zero-order valence-electron chi connectivity index (χ0n) is 12.5. The van der Waals surface area contributed by atoms with Crippen LogP contribution in [0.15, 0.2) is 60.7 Å². The monoisotopic (exact) mass is 326 g/mol. The molecule has 7 heteroatoms. The van der Waals surface area contributed by atoms with Crippen molar-refractivity contribution in [3.63, 3.8) is 0 Å². The third kappa shape index (κ3) is 4.26. The molecule has 7 nitrogen and oxygen atoms in total. The number of hydrogen-bond donors (Lipinski definition) is 2. The molecule has 0 saturated carbocycles. The molecule has 0 spiro atoms. The standard InChI is InChI=1S/C17H14N2O5/c20-14(11-15(21)22)19(17(24)13-9-5-2-6-10-13)18-16(23)12-7-3-1-4-8-12/h1-10H,11H2,(H,18,23)(H,21,22). The minimum absolute atomic E-state index is 0.143. The van der Waals surface area contributed by atoms with Crippen molar-refractivity contribution in [3.05, 3.63) is 71.8 Å². The van der Waals surface area contributed by atoms with Crippen LogP contribution >= 0.6 is 0 Å². The summed E-state index contributed by atoms with van der Waals surface area (Å²) < 4.78 is 0. The Bertz CT molecular complexity index is 759. The number of nitrogens with one attached hydrogen (secondary N) is 1. The number of rotatable bonds is 4. The summed E-state index contributed by atoms with van der Waals surface area (Å²) in [5.41, 5.74) is 2.54. The van der Waals surface area contributed by atoms with Gasteiger partial charge >= 0.3 is 5.97 Å². The summed E-state index contributed by atoms with van der Waals surface area (Å²) in [5.74, 6) is -3.95. The Labute approximate surface area is 137 Å². The molecule has 2 N–H and O–H groups in total. The number of benzene rings is 2. The van der Waals surface area contributed by atoms with Crippen LogP contribution in [0.1, 0.15) is 27.1 Å². The molecule has 122 valence electrons. The number of nitrogens with zero attached hydrogens (tertiary/aromatic N) is 1. The first-order valence-electron chi connectivity index (χ1n) is 6.99. The van der Waals surface area contributed by atoms with E-state index in [2.05, 4.69) is 5.43 Å². The number of imide groups is 1. The van der Waals surface area contributed by atoms with Crippen molar-refractivity contribution >= 4 is 23.7 Å². The fourth-order valence-corrected chi connectivity index (χ4v) is 1.90. The van der Waals surface area contributed by atoms with Crippen LogP contribution < -0.4 is 5.43 Å². The molecule has 0 fully saturated rings. The van der Waals surface area contributed by atoms with Crippen LogP contribution in [0.4, 0.5) is 0 Å². The Balaban J connectivity index is 2.26. The van der Waals surface area contributed by atoms with Crippen molar-refractivity contribution in [2.45, 2.75) is 6.42 Å². The van der Waals surface area contributed by atoms with E-state index in [0.717, 1.165) is 0 Å². The van der Waals surface area contributed by atoms with Crippen LogP contribution in [0, 0.1) is 0 Å². The summed E-state index contributed by atoms with van der Waals surface area (Å²) in [6.07, 6.45) is -0.923. The lowest BCUT2D eigenvalue weighted by Crippen LogP contribution is -2.50. The maximum atomic E-state index is 12.4. The third-order valence-electron chi connectivity index (χ3n) is 3.03. The van der Waals surface area contributed by atoms with E-state index in [4.69, 9.17) is 5.11 Å². The number of amides is 3. The van der Waals surface area contributed by atoms with Gasteiger partial charge in [-0.05, 0) is 24.3 Å². The second-order valence-electron chi connectivity index (χ2n) is 4.78. The van der Waals surface area contributed by atoms with Gasteiger partial charge in [-0.1, -0.05) is 36.4 Å². The predicted octanol–water partition coefficient (Wildman–Crippen LogP) is 1.48. The minimum Gasteiger partial charge on any atom is -0.481 e. The number of carboxylic acids is 1. The summed E-state index contributed by atoms with van der Waals surface area (Å²) in [6.45, 7) is 0. The highest BCUT2D eigenvalue weighted by Crippen LogP contribution is 2.06. The second-order valence-corrected chi connectivity index (χ2v) is 4.78. The SMILES string of the molecule is O=C(O)CC(=O)N(NC(=O)c1ccccc1)C(=O)c1ccccc1. The van der Waals surface area contributed by atoms with Crippen molar-refractivity contribution in [2.24, 2.45) is 0 Å². The highest BCUT2D eigenvalue weighted by molar-refractivity contribution is 6.10. The first kappa shape index (κ1) is 16.9. The van der Waals surface area contributed by atoms with Crippen LogP contribution in [0.2, 0.25) is 0 Å². The van der Waals surface area contributed by atoms with E-state index in [1.165, 1.54) is 24.3 Å². The molecule has 2 rings (SSSR count). The fraction of sp³-hybridized carbons (Fsp3) is 0.0588. The van der Waals surface area contributed by atoms with Gasteiger partial charge in [0.2, 0.25) is 0 Å². The lowest BCUT2D eigenvalue weighted by molar-refractivity contribution is -0.143. The van der Waals surface area contributed by atoms with Crippen molar-refractivity contribution in [1.29, 1.82) is 0 Å². The summed E-state index contributed by atoms with van der Waals surface area (Å²) in [4.78, 5) is 47.4. The Morgan fingerprint density at radius 3 is 1.83 bits per heavy atom. The molecule has 3 amide bonds. The van der Waals surface area contributed by atoms with E-state index < -0.39 is 30.1 Å². The molecule has 0 unspecified atom stereocenters. The van der Waals surface area contributed by atoms with Crippen LogP contribution in [0.3, 0.4) is 0 Å². The van der Waals surface area contributed by atoms with E-state index in [9.17, 15) is 19.2 Å². The van der Waals surface area contributed by atoms with Gasteiger partial charge in [-0.3, -0.25) is 24.6 Å². The molecule has 2 aromatic rings. The smallest absolute Gasteiger partial charge is 0.312 e. The van der Waals surface area contributed by atoms with Gasteiger partial charge in [-0.15, -0.1) is 0 Å².